The third-order valence-corrected chi connectivity index (χ3v) is 4.10. The van der Waals surface area contributed by atoms with Crippen molar-refractivity contribution < 1.29 is 9.53 Å². The summed E-state index contributed by atoms with van der Waals surface area (Å²) in [6.07, 6.45) is 3.25. The minimum Gasteiger partial charge on any atom is -0.495 e. The molecule has 5 heteroatoms. The average molecular weight is 347 g/mol. The van der Waals surface area contributed by atoms with E-state index in [0.29, 0.717) is 23.5 Å². The molecule has 0 fully saturated rings. The molecule has 0 aliphatic rings. The maximum absolute atomic E-state index is 12.5. The minimum absolute atomic E-state index is 0.235. The van der Waals surface area contributed by atoms with Crippen molar-refractivity contribution in [2.75, 3.05) is 17.7 Å². The van der Waals surface area contributed by atoms with Crippen LogP contribution in [0.2, 0.25) is 0 Å². The highest BCUT2D eigenvalue weighted by Crippen LogP contribution is 2.24. The SMILES string of the molecule is COc1ccccc1NC(=O)c1cncc(NCc2ccccc2C)c1. The van der Waals surface area contributed by atoms with Crippen LogP contribution in [-0.2, 0) is 6.54 Å². The molecule has 5 nitrogen and oxygen atoms in total. The third kappa shape index (κ3) is 4.19. The number of carbonyl (C=O) groups excluding carboxylic acids is 1. The smallest absolute Gasteiger partial charge is 0.257 e. The number of para-hydroxylation sites is 2. The topological polar surface area (TPSA) is 63.2 Å². The second-order valence-corrected chi connectivity index (χ2v) is 5.90. The van der Waals surface area contributed by atoms with Crippen molar-refractivity contribution in [3.63, 3.8) is 0 Å². The molecule has 0 unspecified atom stereocenters. The zero-order valence-electron chi connectivity index (χ0n) is 14.8. The lowest BCUT2D eigenvalue weighted by Crippen LogP contribution is -2.13. The second-order valence-electron chi connectivity index (χ2n) is 5.90. The number of carbonyl (C=O) groups is 1. The van der Waals surface area contributed by atoms with Gasteiger partial charge in [-0.2, -0.15) is 0 Å². The Morgan fingerprint density at radius 3 is 2.65 bits per heavy atom. The van der Waals surface area contributed by atoms with E-state index in [0.717, 1.165) is 5.69 Å². The molecule has 0 bridgehead atoms. The molecule has 0 saturated carbocycles. The van der Waals surface area contributed by atoms with Crippen LogP contribution in [0.5, 0.6) is 5.75 Å². The van der Waals surface area contributed by atoms with Crippen molar-refractivity contribution >= 4 is 17.3 Å². The number of aromatic nitrogens is 1. The first-order chi connectivity index (χ1) is 12.7. The molecule has 0 atom stereocenters. The van der Waals surface area contributed by atoms with Crippen molar-refractivity contribution in [2.45, 2.75) is 13.5 Å². The van der Waals surface area contributed by atoms with Crippen LogP contribution in [0.15, 0.2) is 67.0 Å². The molecule has 2 aromatic carbocycles. The van der Waals surface area contributed by atoms with Crippen molar-refractivity contribution in [2.24, 2.45) is 0 Å². The molecule has 0 aliphatic carbocycles. The monoisotopic (exact) mass is 347 g/mol. The van der Waals surface area contributed by atoms with Gasteiger partial charge in [-0.1, -0.05) is 36.4 Å². The number of hydrogen-bond donors (Lipinski definition) is 2. The number of rotatable bonds is 6. The number of anilines is 2. The van der Waals surface area contributed by atoms with E-state index >= 15 is 0 Å². The van der Waals surface area contributed by atoms with Crippen LogP contribution >= 0.6 is 0 Å². The predicted octanol–water partition coefficient (Wildman–Crippen LogP) is 4.26. The van der Waals surface area contributed by atoms with Gasteiger partial charge in [-0.3, -0.25) is 9.78 Å². The van der Waals surface area contributed by atoms with Crippen LogP contribution in [-0.4, -0.2) is 18.0 Å². The van der Waals surface area contributed by atoms with Gasteiger partial charge in [-0.15, -0.1) is 0 Å². The van der Waals surface area contributed by atoms with Gasteiger partial charge < -0.3 is 15.4 Å². The molecule has 26 heavy (non-hydrogen) atoms. The summed E-state index contributed by atoms with van der Waals surface area (Å²) >= 11 is 0. The minimum atomic E-state index is -0.235. The summed E-state index contributed by atoms with van der Waals surface area (Å²) in [7, 11) is 1.57. The number of nitrogens with one attached hydrogen (secondary N) is 2. The van der Waals surface area contributed by atoms with Crippen molar-refractivity contribution in [1.82, 2.24) is 4.98 Å². The summed E-state index contributed by atoms with van der Waals surface area (Å²) < 4.78 is 5.26. The second kappa shape index (κ2) is 8.16. The lowest BCUT2D eigenvalue weighted by Gasteiger charge is -2.11. The maximum Gasteiger partial charge on any atom is 0.257 e. The quantitative estimate of drug-likeness (QED) is 0.699. The first-order valence-electron chi connectivity index (χ1n) is 8.35. The summed E-state index contributed by atoms with van der Waals surface area (Å²) in [4.78, 5) is 16.7. The zero-order valence-corrected chi connectivity index (χ0v) is 14.8. The molecule has 0 saturated heterocycles. The van der Waals surface area contributed by atoms with E-state index in [9.17, 15) is 4.79 Å². The Hall–Kier alpha value is -3.34. The number of pyridine rings is 1. The molecule has 1 amide bonds. The van der Waals surface area contributed by atoms with Crippen LogP contribution in [0.3, 0.4) is 0 Å². The Balaban J connectivity index is 1.70. The van der Waals surface area contributed by atoms with Gasteiger partial charge in [-0.05, 0) is 36.2 Å². The Labute approximate surface area is 153 Å². The van der Waals surface area contributed by atoms with Crippen molar-refractivity contribution in [3.05, 3.63) is 83.7 Å². The molecule has 1 heterocycles. The third-order valence-electron chi connectivity index (χ3n) is 4.10. The van der Waals surface area contributed by atoms with Gasteiger partial charge in [0.1, 0.15) is 5.75 Å². The Bertz CT molecular complexity index is 909. The maximum atomic E-state index is 12.5. The Kier molecular flexibility index (Phi) is 5.49. The fourth-order valence-electron chi connectivity index (χ4n) is 2.61. The highest BCUT2D eigenvalue weighted by atomic mass is 16.5. The van der Waals surface area contributed by atoms with Crippen LogP contribution < -0.4 is 15.4 Å². The molecule has 2 N–H and O–H groups in total. The highest BCUT2D eigenvalue weighted by Gasteiger charge is 2.10. The zero-order chi connectivity index (χ0) is 18.4. The Morgan fingerprint density at radius 2 is 1.85 bits per heavy atom. The van der Waals surface area contributed by atoms with Crippen molar-refractivity contribution in [3.8, 4) is 5.75 Å². The summed E-state index contributed by atoms with van der Waals surface area (Å²) in [6.45, 7) is 2.75. The molecule has 3 rings (SSSR count). The van der Waals surface area contributed by atoms with Crippen LogP contribution in [0.1, 0.15) is 21.5 Å². The summed E-state index contributed by atoms with van der Waals surface area (Å²) in [6, 6.07) is 17.3. The van der Waals surface area contributed by atoms with Gasteiger partial charge in [-0.25, -0.2) is 0 Å². The van der Waals surface area contributed by atoms with E-state index in [-0.39, 0.29) is 5.91 Å². The van der Waals surface area contributed by atoms with E-state index in [2.05, 4.69) is 34.7 Å². The molecule has 0 aliphatic heterocycles. The number of hydrogen-bond acceptors (Lipinski definition) is 4. The predicted molar refractivity (Wildman–Crippen MR) is 104 cm³/mol. The first-order valence-corrected chi connectivity index (χ1v) is 8.35. The number of methoxy groups -OCH3 is 1. The summed E-state index contributed by atoms with van der Waals surface area (Å²) in [5.41, 5.74) is 4.32. The lowest BCUT2D eigenvalue weighted by atomic mass is 10.1. The van der Waals surface area contributed by atoms with E-state index in [4.69, 9.17) is 4.74 Å². The van der Waals surface area contributed by atoms with Gasteiger partial charge in [0.05, 0.1) is 24.0 Å². The number of benzene rings is 2. The summed E-state index contributed by atoms with van der Waals surface area (Å²) in [5.74, 6) is 0.379. The number of ether oxygens (including phenoxy) is 1. The van der Waals surface area contributed by atoms with Gasteiger partial charge in [0.25, 0.3) is 5.91 Å². The first kappa shape index (κ1) is 17.5. The number of nitrogens with zero attached hydrogens (tertiary/aromatic N) is 1. The van der Waals surface area contributed by atoms with E-state index in [1.54, 1.807) is 37.7 Å². The fourth-order valence-corrected chi connectivity index (χ4v) is 2.61. The number of amides is 1. The van der Waals surface area contributed by atoms with Crippen LogP contribution in [0.4, 0.5) is 11.4 Å². The normalized spacial score (nSPS) is 10.2. The van der Waals surface area contributed by atoms with E-state index < -0.39 is 0 Å². The van der Waals surface area contributed by atoms with Gasteiger partial charge in [0.2, 0.25) is 0 Å². The standard InChI is InChI=1S/C21H21N3O2/c1-15-7-3-4-8-16(15)13-23-18-11-17(12-22-14-18)21(25)24-19-9-5-6-10-20(19)26-2/h3-12,14,23H,13H2,1-2H3,(H,24,25). The molecular formula is C21H21N3O2. The summed E-state index contributed by atoms with van der Waals surface area (Å²) in [5, 5.41) is 6.17. The molecule has 3 aromatic rings. The van der Waals surface area contributed by atoms with Gasteiger partial charge >= 0.3 is 0 Å². The van der Waals surface area contributed by atoms with E-state index in [1.807, 2.05) is 24.3 Å². The molecule has 132 valence electrons. The van der Waals surface area contributed by atoms with E-state index in [1.165, 1.54) is 11.1 Å². The fraction of sp³-hybridized carbons (Fsp3) is 0.143. The Morgan fingerprint density at radius 1 is 1.08 bits per heavy atom. The molecule has 1 aromatic heterocycles. The van der Waals surface area contributed by atoms with Crippen molar-refractivity contribution in [1.29, 1.82) is 0 Å². The van der Waals surface area contributed by atoms with Gasteiger partial charge in [0.15, 0.2) is 0 Å². The van der Waals surface area contributed by atoms with Crippen LogP contribution in [0.25, 0.3) is 0 Å². The lowest BCUT2D eigenvalue weighted by molar-refractivity contribution is 0.102. The van der Waals surface area contributed by atoms with Crippen LogP contribution in [0, 0.1) is 6.92 Å². The molecule has 0 radical (unpaired) electrons. The highest BCUT2D eigenvalue weighted by molar-refractivity contribution is 6.05. The number of aryl methyl sites for hydroxylation is 1. The largest absolute Gasteiger partial charge is 0.495 e. The van der Waals surface area contributed by atoms with Gasteiger partial charge in [0, 0.05) is 18.9 Å². The molecular weight excluding hydrogens is 326 g/mol. The average Bonchev–Trinajstić information content (AvgIpc) is 2.68. The molecule has 0 spiro atoms.